The van der Waals surface area contributed by atoms with Gasteiger partial charge in [-0.2, -0.15) is 13.2 Å². The van der Waals surface area contributed by atoms with Gasteiger partial charge in [0.05, 0.1) is 12.0 Å². The second-order valence-corrected chi connectivity index (χ2v) is 7.35. The van der Waals surface area contributed by atoms with Crippen molar-refractivity contribution in [1.29, 1.82) is 0 Å². The van der Waals surface area contributed by atoms with Crippen LogP contribution in [0.4, 0.5) is 13.2 Å². The molecule has 0 saturated carbocycles. The molecule has 2 rings (SSSR count). The normalized spacial score (nSPS) is 20.0. The number of amides is 2. The van der Waals surface area contributed by atoms with Gasteiger partial charge >= 0.3 is 6.18 Å². The zero-order chi connectivity index (χ0) is 17.4. The number of thiophene rings is 1. The quantitative estimate of drug-likeness (QED) is 0.909. The van der Waals surface area contributed by atoms with Gasteiger partial charge in [-0.1, -0.05) is 0 Å². The summed E-state index contributed by atoms with van der Waals surface area (Å²) in [5.74, 6) is -1.73. The van der Waals surface area contributed by atoms with Crippen LogP contribution in [0.15, 0.2) is 6.07 Å². The number of nitrogens with zero attached hydrogens (tertiary/aromatic N) is 1. The topological polar surface area (TPSA) is 49.4 Å². The van der Waals surface area contributed by atoms with Crippen molar-refractivity contribution in [2.75, 3.05) is 13.1 Å². The molecule has 2 atom stereocenters. The van der Waals surface area contributed by atoms with Gasteiger partial charge in [-0.25, -0.2) is 0 Å². The highest BCUT2D eigenvalue weighted by atomic mass is 32.1. The molecule has 1 aromatic heterocycles. The molecule has 23 heavy (non-hydrogen) atoms. The third kappa shape index (κ3) is 4.46. The standard InChI is InChI=1S/C15H19F3N2O2S/c1-8-4-12(10(3)23-8)9(2)19-14(22)11-5-13(21)20(6-11)7-15(16,17)18/h4,9,11H,5-7H2,1-3H3,(H,19,22)/t9-,11-/m1/s1. The highest BCUT2D eigenvalue weighted by molar-refractivity contribution is 7.12. The molecule has 4 nitrogen and oxygen atoms in total. The first-order chi connectivity index (χ1) is 10.6. The minimum absolute atomic E-state index is 0.170. The van der Waals surface area contributed by atoms with Gasteiger partial charge in [0.15, 0.2) is 0 Å². The van der Waals surface area contributed by atoms with Gasteiger partial charge in [0.25, 0.3) is 0 Å². The van der Waals surface area contributed by atoms with Crippen LogP contribution in [-0.4, -0.2) is 36.0 Å². The summed E-state index contributed by atoms with van der Waals surface area (Å²) in [6, 6.07) is 1.75. The van der Waals surface area contributed by atoms with E-state index in [2.05, 4.69) is 5.32 Å². The van der Waals surface area contributed by atoms with Crippen LogP contribution in [0, 0.1) is 19.8 Å². The van der Waals surface area contributed by atoms with E-state index in [9.17, 15) is 22.8 Å². The van der Waals surface area contributed by atoms with Crippen LogP contribution < -0.4 is 5.32 Å². The fraction of sp³-hybridized carbons (Fsp3) is 0.600. The maximum absolute atomic E-state index is 12.4. The molecule has 2 heterocycles. The van der Waals surface area contributed by atoms with Crippen LogP contribution in [0.25, 0.3) is 0 Å². The highest BCUT2D eigenvalue weighted by Crippen LogP contribution is 2.28. The predicted octanol–water partition coefficient (Wildman–Crippen LogP) is 2.95. The van der Waals surface area contributed by atoms with Crippen molar-refractivity contribution in [2.24, 2.45) is 5.92 Å². The lowest BCUT2D eigenvalue weighted by Crippen LogP contribution is -2.37. The number of likely N-dealkylation sites (tertiary alicyclic amines) is 1. The van der Waals surface area contributed by atoms with Crippen LogP contribution in [0.5, 0.6) is 0 Å². The van der Waals surface area contributed by atoms with Crippen molar-refractivity contribution >= 4 is 23.2 Å². The Morgan fingerprint density at radius 1 is 1.48 bits per heavy atom. The molecule has 2 amide bonds. The van der Waals surface area contributed by atoms with E-state index in [1.54, 1.807) is 11.3 Å². The molecule has 1 fully saturated rings. The average molecular weight is 348 g/mol. The SMILES string of the molecule is Cc1cc([C@@H](C)NC(=O)[C@@H]2CC(=O)N(CC(F)(F)F)C2)c(C)s1. The van der Waals surface area contributed by atoms with Gasteiger partial charge < -0.3 is 10.2 Å². The fourth-order valence-electron chi connectivity index (χ4n) is 2.81. The van der Waals surface area contributed by atoms with Crippen LogP contribution in [0.1, 0.15) is 34.7 Å². The molecule has 128 valence electrons. The van der Waals surface area contributed by atoms with Gasteiger partial charge in [0, 0.05) is 22.7 Å². The molecule has 0 spiro atoms. The summed E-state index contributed by atoms with van der Waals surface area (Å²) in [6.07, 6.45) is -4.62. The average Bonchev–Trinajstić information content (AvgIpc) is 2.91. The first kappa shape index (κ1) is 17.8. The summed E-state index contributed by atoms with van der Waals surface area (Å²) in [6.45, 7) is 4.28. The molecule has 0 bridgehead atoms. The Balaban J connectivity index is 1.96. The minimum atomic E-state index is -4.44. The predicted molar refractivity (Wildman–Crippen MR) is 81.1 cm³/mol. The van der Waals surface area contributed by atoms with E-state index in [0.717, 1.165) is 15.3 Å². The minimum Gasteiger partial charge on any atom is -0.349 e. The van der Waals surface area contributed by atoms with E-state index >= 15 is 0 Å². The first-order valence-corrected chi connectivity index (χ1v) is 8.10. The van der Waals surface area contributed by atoms with Gasteiger partial charge in [-0.05, 0) is 32.4 Å². The van der Waals surface area contributed by atoms with E-state index in [-0.39, 0.29) is 24.9 Å². The molecule has 1 aliphatic heterocycles. The lowest BCUT2D eigenvalue weighted by Gasteiger charge is -2.19. The molecule has 1 saturated heterocycles. The number of nitrogens with one attached hydrogen (secondary N) is 1. The molecule has 0 unspecified atom stereocenters. The van der Waals surface area contributed by atoms with Crippen molar-refractivity contribution in [2.45, 2.75) is 39.4 Å². The van der Waals surface area contributed by atoms with Gasteiger partial charge in [0.1, 0.15) is 6.54 Å². The highest BCUT2D eigenvalue weighted by Gasteiger charge is 2.40. The van der Waals surface area contributed by atoms with Crippen molar-refractivity contribution < 1.29 is 22.8 Å². The van der Waals surface area contributed by atoms with E-state index < -0.39 is 24.5 Å². The molecule has 0 aromatic carbocycles. The van der Waals surface area contributed by atoms with E-state index in [4.69, 9.17) is 0 Å². The van der Waals surface area contributed by atoms with E-state index in [0.29, 0.717) is 4.90 Å². The molecule has 1 N–H and O–H groups in total. The number of hydrogen-bond donors (Lipinski definition) is 1. The fourth-order valence-corrected chi connectivity index (χ4v) is 3.83. The number of aryl methyl sites for hydroxylation is 2. The van der Waals surface area contributed by atoms with Crippen LogP contribution in [0.3, 0.4) is 0 Å². The summed E-state index contributed by atoms with van der Waals surface area (Å²) in [5.41, 5.74) is 0.998. The first-order valence-electron chi connectivity index (χ1n) is 7.28. The Labute approximate surface area is 136 Å². The largest absolute Gasteiger partial charge is 0.406 e. The van der Waals surface area contributed by atoms with Crippen LogP contribution >= 0.6 is 11.3 Å². The number of rotatable bonds is 4. The Hall–Kier alpha value is -1.57. The zero-order valence-corrected chi connectivity index (χ0v) is 14.0. The third-order valence-corrected chi connectivity index (χ3v) is 4.84. The lowest BCUT2D eigenvalue weighted by molar-refractivity contribution is -0.157. The summed E-state index contributed by atoms with van der Waals surface area (Å²) >= 11 is 1.63. The molecule has 1 aliphatic rings. The van der Waals surface area contributed by atoms with Gasteiger partial charge in [-0.3, -0.25) is 9.59 Å². The monoisotopic (exact) mass is 348 g/mol. The van der Waals surface area contributed by atoms with Gasteiger partial charge in [0.2, 0.25) is 11.8 Å². The summed E-state index contributed by atoms with van der Waals surface area (Å²) in [4.78, 5) is 26.8. The Bertz CT molecular complexity index is 612. The molecular weight excluding hydrogens is 329 g/mol. The van der Waals surface area contributed by atoms with Crippen molar-refractivity contribution in [3.8, 4) is 0 Å². The van der Waals surface area contributed by atoms with Crippen molar-refractivity contribution in [3.63, 3.8) is 0 Å². The second-order valence-electron chi connectivity index (χ2n) is 5.89. The molecule has 1 aromatic rings. The van der Waals surface area contributed by atoms with Crippen molar-refractivity contribution in [3.05, 3.63) is 21.4 Å². The number of carbonyl (C=O) groups is 2. The number of halogens is 3. The van der Waals surface area contributed by atoms with Crippen LogP contribution in [0.2, 0.25) is 0 Å². The molecular formula is C15H19F3N2O2S. The van der Waals surface area contributed by atoms with Crippen LogP contribution in [-0.2, 0) is 9.59 Å². The number of carbonyl (C=O) groups excluding carboxylic acids is 2. The maximum atomic E-state index is 12.4. The van der Waals surface area contributed by atoms with Crippen molar-refractivity contribution in [1.82, 2.24) is 10.2 Å². The summed E-state index contributed by atoms with van der Waals surface area (Å²) < 4.78 is 37.2. The third-order valence-electron chi connectivity index (χ3n) is 3.86. The van der Waals surface area contributed by atoms with E-state index in [1.807, 2.05) is 26.8 Å². The Kier molecular flexibility index (Phi) is 5.03. The smallest absolute Gasteiger partial charge is 0.349 e. The Morgan fingerprint density at radius 3 is 2.65 bits per heavy atom. The molecule has 0 aliphatic carbocycles. The zero-order valence-electron chi connectivity index (χ0n) is 13.2. The Morgan fingerprint density at radius 2 is 2.13 bits per heavy atom. The van der Waals surface area contributed by atoms with E-state index in [1.165, 1.54) is 0 Å². The van der Waals surface area contributed by atoms with Gasteiger partial charge in [-0.15, -0.1) is 11.3 Å². The maximum Gasteiger partial charge on any atom is 0.406 e. The lowest BCUT2D eigenvalue weighted by atomic mass is 10.1. The molecule has 8 heteroatoms. The number of hydrogen-bond acceptors (Lipinski definition) is 3. The second kappa shape index (κ2) is 6.51. The summed E-state index contributed by atoms with van der Waals surface area (Å²) in [5, 5.41) is 2.80. The summed E-state index contributed by atoms with van der Waals surface area (Å²) in [7, 11) is 0. The number of alkyl halides is 3. The molecule has 0 radical (unpaired) electrons.